The average molecular weight is 506 g/mol. The summed E-state index contributed by atoms with van der Waals surface area (Å²) in [5, 5.41) is 13.4. The molecule has 5 nitrogen and oxygen atoms in total. The summed E-state index contributed by atoms with van der Waals surface area (Å²) in [6.07, 6.45) is 2.02. The highest BCUT2D eigenvalue weighted by Gasteiger charge is 2.44. The number of nitriles is 1. The van der Waals surface area contributed by atoms with Gasteiger partial charge in [0, 0.05) is 55.3 Å². The van der Waals surface area contributed by atoms with E-state index in [4.69, 9.17) is 26.3 Å². The predicted molar refractivity (Wildman–Crippen MR) is 136 cm³/mol. The topological polar surface area (TPSA) is 57.5 Å². The maximum absolute atomic E-state index is 14.0. The van der Waals surface area contributed by atoms with Gasteiger partial charge in [-0.2, -0.15) is 5.26 Å². The molecule has 0 saturated carbocycles. The summed E-state index contributed by atoms with van der Waals surface area (Å²) in [7, 11) is 0. The molecule has 4 rings (SSSR count). The number of benzene rings is 2. The molecule has 1 N–H and O–H groups in total. The Labute approximate surface area is 211 Å². The van der Waals surface area contributed by atoms with E-state index in [0.29, 0.717) is 18.4 Å². The normalized spacial score (nSPS) is 17.8. The van der Waals surface area contributed by atoms with E-state index in [0.717, 1.165) is 61.2 Å². The van der Waals surface area contributed by atoms with E-state index >= 15 is 0 Å². The van der Waals surface area contributed by atoms with E-state index in [1.807, 2.05) is 32.9 Å². The minimum atomic E-state index is -0.556. The number of hydrogen-bond donors (Lipinski definition) is 1. The molecule has 0 aliphatic carbocycles. The van der Waals surface area contributed by atoms with Gasteiger partial charge in [-0.15, -0.1) is 0 Å². The fraction of sp³-hybridized carbons (Fsp3) is 0.500. The highest BCUT2D eigenvalue weighted by molar-refractivity contribution is 7.97. The Morgan fingerprint density at radius 2 is 1.97 bits per heavy atom. The first-order valence-corrected chi connectivity index (χ1v) is 12.9. The molecule has 2 aliphatic rings. The van der Waals surface area contributed by atoms with Crippen molar-refractivity contribution in [1.29, 1.82) is 5.26 Å². The quantitative estimate of drug-likeness (QED) is 0.455. The lowest BCUT2D eigenvalue weighted by atomic mass is 9.82. The number of nitrogens with zero attached hydrogens (tertiary/aromatic N) is 2. The van der Waals surface area contributed by atoms with Crippen molar-refractivity contribution >= 4 is 23.5 Å². The lowest BCUT2D eigenvalue weighted by Crippen LogP contribution is -2.61. The van der Waals surface area contributed by atoms with Crippen molar-refractivity contribution < 1.29 is 13.9 Å². The third-order valence-corrected chi connectivity index (χ3v) is 7.43. The van der Waals surface area contributed by atoms with Gasteiger partial charge in [0.2, 0.25) is 0 Å². The van der Waals surface area contributed by atoms with Crippen LogP contribution < -0.4 is 10.1 Å². The van der Waals surface area contributed by atoms with Crippen LogP contribution in [0.5, 0.6) is 5.75 Å². The van der Waals surface area contributed by atoms with E-state index < -0.39 is 5.82 Å². The molecule has 2 saturated heterocycles. The predicted octanol–water partition coefficient (Wildman–Crippen LogP) is 5.84. The Morgan fingerprint density at radius 1 is 1.24 bits per heavy atom. The van der Waals surface area contributed by atoms with Gasteiger partial charge in [0.15, 0.2) is 0 Å². The Morgan fingerprint density at radius 3 is 2.62 bits per heavy atom. The SMILES string of the molecule is CC.Cc1ccc(SN2CC(CNC3CCOCC3)(COc3ccc(C#N)c(F)c3)C2)c(Cl)c1. The van der Waals surface area contributed by atoms with E-state index in [2.05, 4.69) is 21.8 Å². The third kappa shape index (κ3) is 7.10. The highest BCUT2D eigenvalue weighted by atomic mass is 35.5. The Balaban J connectivity index is 0.00000158. The van der Waals surface area contributed by atoms with Crippen LogP contribution in [0.3, 0.4) is 0 Å². The second kappa shape index (κ2) is 12.8. The van der Waals surface area contributed by atoms with E-state index in [-0.39, 0.29) is 11.0 Å². The summed E-state index contributed by atoms with van der Waals surface area (Å²) in [5.41, 5.74) is 1.07. The zero-order chi connectivity index (χ0) is 24.6. The summed E-state index contributed by atoms with van der Waals surface area (Å²) < 4.78 is 27.7. The van der Waals surface area contributed by atoms with E-state index in [1.54, 1.807) is 18.0 Å². The van der Waals surface area contributed by atoms with Gasteiger partial charge in [-0.3, -0.25) is 0 Å². The van der Waals surface area contributed by atoms with Crippen LogP contribution in [-0.2, 0) is 4.74 Å². The van der Waals surface area contributed by atoms with Crippen molar-refractivity contribution in [1.82, 2.24) is 9.62 Å². The lowest BCUT2D eigenvalue weighted by molar-refractivity contribution is 0.0157. The minimum absolute atomic E-state index is 0.0226. The van der Waals surface area contributed by atoms with Crippen molar-refractivity contribution in [3.05, 3.63) is 58.4 Å². The number of nitrogens with one attached hydrogen (secondary N) is 1. The van der Waals surface area contributed by atoms with Crippen LogP contribution in [-0.4, -0.2) is 49.8 Å². The van der Waals surface area contributed by atoms with Crippen LogP contribution in [0, 0.1) is 29.5 Å². The first-order chi connectivity index (χ1) is 16.5. The molecule has 2 aromatic carbocycles. The van der Waals surface area contributed by atoms with Crippen LogP contribution >= 0.6 is 23.5 Å². The average Bonchev–Trinajstić information content (AvgIpc) is 2.83. The molecule has 0 amide bonds. The molecule has 0 aromatic heterocycles. The Bertz CT molecular complexity index is 988. The second-order valence-electron chi connectivity index (χ2n) is 8.63. The second-order valence-corrected chi connectivity index (χ2v) is 10.2. The minimum Gasteiger partial charge on any atom is -0.493 e. The molecule has 2 aliphatic heterocycles. The smallest absolute Gasteiger partial charge is 0.144 e. The van der Waals surface area contributed by atoms with Gasteiger partial charge < -0.3 is 14.8 Å². The standard InChI is InChI=1S/C24H27ClFN3O2S.C2H6/c1-17-2-5-23(21(25)10-17)32-29-14-24(15-29,13-28-19-6-8-30-9-7-19)16-31-20-4-3-18(12-27)22(26)11-20;1-2/h2-5,10-11,19,28H,6-9,13-16H2,1H3;1-2H3. The van der Waals surface area contributed by atoms with Crippen LogP contribution in [0.4, 0.5) is 4.39 Å². The molecule has 0 spiro atoms. The fourth-order valence-corrected chi connectivity index (χ4v) is 5.58. The lowest BCUT2D eigenvalue weighted by Gasteiger charge is -2.49. The molecule has 0 atom stereocenters. The number of rotatable bonds is 8. The highest BCUT2D eigenvalue weighted by Crippen LogP contribution is 2.41. The van der Waals surface area contributed by atoms with Crippen LogP contribution in [0.25, 0.3) is 0 Å². The molecular weight excluding hydrogens is 473 g/mol. The third-order valence-electron chi connectivity index (χ3n) is 5.93. The summed E-state index contributed by atoms with van der Waals surface area (Å²) in [6, 6.07) is 12.8. The van der Waals surface area contributed by atoms with Crippen molar-refractivity contribution in [2.45, 2.75) is 44.6 Å². The molecule has 0 bridgehead atoms. The number of hydrogen-bond acceptors (Lipinski definition) is 6. The molecule has 8 heteroatoms. The van der Waals surface area contributed by atoms with Crippen LogP contribution in [0.15, 0.2) is 41.3 Å². The summed E-state index contributed by atoms with van der Waals surface area (Å²) in [4.78, 5) is 1.04. The van der Waals surface area contributed by atoms with Gasteiger partial charge in [0.25, 0.3) is 0 Å². The maximum atomic E-state index is 14.0. The van der Waals surface area contributed by atoms with Gasteiger partial charge in [0.05, 0.1) is 17.2 Å². The first kappa shape index (κ1) is 26.8. The largest absolute Gasteiger partial charge is 0.493 e. The Hall–Kier alpha value is -1.82. The fourth-order valence-electron chi connectivity index (χ4n) is 4.01. The summed E-state index contributed by atoms with van der Waals surface area (Å²) >= 11 is 8.07. The van der Waals surface area contributed by atoms with Gasteiger partial charge in [-0.05, 0) is 61.5 Å². The number of halogens is 2. The van der Waals surface area contributed by atoms with Crippen LogP contribution in [0.2, 0.25) is 5.02 Å². The summed E-state index contributed by atoms with van der Waals surface area (Å²) in [6.45, 7) is 10.6. The van der Waals surface area contributed by atoms with Gasteiger partial charge in [-0.1, -0.05) is 31.5 Å². The van der Waals surface area contributed by atoms with E-state index in [1.165, 1.54) is 12.1 Å². The van der Waals surface area contributed by atoms with Gasteiger partial charge >= 0.3 is 0 Å². The van der Waals surface area contributed by atoms with Crippen LogP contribution in [0.1, 0.15) is 37.8 Å². The van der Waals surface area contributed by atoms with Gasteiger partial charge in [0.1, 0.15) is 17.6 Å². The molecule has 2 heterocycles. The molecular formula is C26H33ClFN3O2S. The number of aryl methyl sites for hydroxylation is 1. The zero-order valence-electron chi connectivity index (χ0n) is 20.1. The number of ether oxygens (including phenoxy) is 2. The molecule has 0 radical (unpaired) electrons. The maximum Gasteiger partial charge on any atom is 0.144 e. The molecule has 34 heavy (non-hydrogen) atoms. The van der Waals surface area contributed by atoms with Gasteiger partial charge in [-0.25, -0.2) is 8.70 Å². The zero-order valence-corrected chi connectivity index (χ0v) is 21.6. The van der Waals surface area contributed by atoms with Crippen molar-refractivity contribution in [2.24, 2.45) is 5.41 Å². The molecule has 2 aromatic rings. The molecule has 184 valence electrons. The van der Waals surface area contributed by atoms with Crippen molar-refractivity contribution in [3.8, 4) is 11.8 Å². The van der Waals surface area contributed by atoms with Crippen molar-refractivity contribution in [3.63, 3.8) is 0 Å². The Kier molecular flexibility index (Phi) is 10.0. The monoisotopic (exact) mass is 505 g/mol. The van der Waals surface area contributed by atoms with Crippen molar-refractivity contribution in [2.75, 3.05) is 39.5 Å². The molecule has 2 fully saturated rings. The summed E-state index contributed by atoms with van der Waals surface area (Å²) in [5.74, 6) is -0.112. The molecule has 0 unspecified atom stereocenters. The van der Waals surface area contributed by atoms with E-state index in [9.17, 15) is 4.39 Å². The first-order valence-electron chi connectivity index (χ1n) is 11.8.